The first-order valence-electron chi connectivity index (χ1n) is 7.76. The number of furan rings is 1. The number of aromatic amines is 1. The van der Waals surface area contributed by atoms with E-state index < -0.39 is 0 Å². The molecule has 2 aromatic heterocycles. The zero-order valence-corrected chi connectivity index (χ0v) is 12.6. The van der Waals surface area contributed by atoms with Gasteiger partial charge in [-0.3, -0.25) is 9.36 Å². The normalized spacial score (nSPS) is 16.1. The first-order chi connectivity index (χ1) is 11.2. The number of fused-ring (bicyclic) bond motifs is 1. The van der Waals surface area contributed by atoms with Gasteiger partial charge in [0.05, 0.1) is 17.3 Å². The van der Waals surface area contributed by atoms with Crippen LogP contribution in [0.5, 0.6) is 0 Å². The Morgan fingerprint density at radius 2 is 1.91 bits per heavy atom. The third-order valence-corrected chi connectivity index (χ3v) is 4.47. The van der Waals surface area contributed by atoms with E-state index in [0.29, 0.717) is 18.8 Å². The predicted octanol–water partition coefficient (Wildman–Crippen LogP) is 2.40. The van der Waals surface area contributed by atoms with Gasteiger partial charge in [-0.1, -0.05) is 12.1 Å². The molecule has 4 rings (SSSR count). The number of aromatic nitrogens is 2. The number of hydrogen-bond acceptors (Lipinski definition) is 3. The molecule has 0 spiro atoms. The van der Waals surface area contributed by atoms with Crippen LogP contribution in [0.25, 0.3) is 11.0 Å². The quantitative estimate of drug-likeness (QED) is 0.790. The number of likely N-dealkylation sites (tertiary alicyclic amines) is 1. The van der Waals surface area contributed by atoms with Crippen molar-refractivity contribution in [2.75, 3.05) is 13.1 Å². The number of H-pyrrole nitrogens is 1. The number of nitrogens with zero attached hydrogens (tertiary/aromatic N) is 2. The summed E-state index contributed by atoms with van der Waals surface area (Å²) in [6.07, 6.45) is 3.02. The summed E-state index contributed by atoms with van der Waals surface area (Å²) in [5, 5.41) is 0. The van der Waals surface area contributed by atoms with Crippen LogP contribution in [-0.4, -0.2) is 33.4 Å². The summed E-state index contributed by atoms with van der Waals surface area (Å²) >= 11 is 0. The van der Waals surface area contributed by atoms with E-state index in [2.05, 4.69) is 4.98 Å². The Morgan fingerprint density at radius 3 is 2.65 bits per heavy atom. The molecule has 1 aliphatic heterocycles. The maximum Gasteiger partial charge on any atom is 0.326 e. The van der Waals surface area contributed by atoms with Crippen molar-refractivity contribution in [3.05, 3.63) is 58.9 Å². The van der Waals surface area contributed by atoms with Gasteiger partial charge in [-0.2, -0.15) is 0 Å². The molecule has 1 N–H and O–H groups in total. The van der Waals surface area contributed by atoms with Crippen molar-refractivity contribution in [1.29, 1.82) is 0 Å². The van der Waals surface area contributed by atoms with Gasteiger partial charge in [-0.05, 0) is 37.1 Å². The number of rotatable bonds is 2. The molecule has 0 bridgehead atoms. The van der Waals surface area contributed by atoms with Crippen LogP contribution in [0, 0.1) is 0 Å². The van der Waals surface area contributed by atoms with Crippen LogP contribution >= 0.6 is 0 Å². The van der Waals surface area contributed by atoms with Crippen LogP contribution in [0.4, 0.5) is 0 Å². The highest BCUT2D eigenvalue weighted by Gasteiger charge is 2.27. The van der Waals surface area contributed by atoms with Gasteiger partial charge < -0.3 is 14.3 Å². The van der Waals surface area contributed by atoms with Gasteiger partial charge >= 0.3 is 5.69 Å². The maximum atomic E-state index is 12.3. The summed E-state index contributed by atoms with van der Waals surface area (Å²) in [7, 11) is 0. The molecule has 6 heteroatoms. The van der Waals surface area contributed by atoms with Gasteiger partial charge in [0.1, 0.15) is 0 Å². The number of imidazole rings is 1. The van der Waals surface area contributed by atoms with E-state index in [1.165, 1.54) is 6.26 Å². The highest BCUT2D eigenvalue weighted by Crippen LogP contribution is 2.25. The summed E-state index contributed by atoms with van der Waals surface area (Å²) in [6, 6.07) is 11.2. The van der Waals surface area contributed by atoms with Gasteiger partial charge in [0, 0.05) is 19.1 Å². The van der Waals surface area contributed by atoms with Gasteiger partial charge in [0.25, 0.3) is 5.91 Å². The molecular formula is C17H17N3O3. The number of piperidine rings is 1. The molecule has 0 radical (unpaired) electrons. The van der Waals surface area contributed by atoms with Crippen LogP contribution in [0.3, 0.4) is 0 Å². The van der Waals surface area contributed by atoms with Crippen LogP contribution < -0.4 is 5.69 Å². The summed E-state index contributed by atoms with van der Waals surface area (Å²) < 4.78 is 7.00. The van der Waals surface area contributed by atoms with E-state index in [4.69, 9.17) is 4.42 Å². The molecule has 3 heterocycles. The summed E-state index contributed by atoms with van der Waals surface area (Å²) in [6.45, 7) is 1.24. The minimum absolute atomic E-state index is 0.0815. The number of nitrogens with one attached hydrogen (secondary N) is 1. The molecule has 1 fully saturated rings. The monoisotopic (exact) mass is 311 g/mol. The average molecular weight is 311 g/mol. The lowest BCUT2D eigenvalue weighted by Crippen LogP contribution is -2.40. The highest BCUT2D eigenvalue weighted by atomic mass is 16.3. The molecule has 1 saturated heterocycles. The molecule has 6 nitrogen and oxygen atoms in total. The van der Waals surface area contributed by atoms with Crippen molar-refractivity contribution in [2.24, 2.45) is 0 Å². The minimum Gasteiger partial charge on any atom is -0.459 e. The SMILES string of the molecule is O=C(c1ccco1)N1CCC(n2c(=O)[nH]c3ccccc32)CC1. The zero-order chi connectivity index (χ0) is 15.8. The molecule has 1 aromatic carbocycles. The molecule has 0 atom stereocenters. The van der Waals surface area contributed by atoms with Crippen molar-refractivity contribution in [3.8, 4) is 0 Å². The Bertz CT molecular complexity index is 883. The standard InChI is InChI=1S/C17H17N3O3/c21-16(15-6-3-11-23-15)19-9-7-12(8-10-19)20-14-5-2-1-4-13(14)18-17(20)22/h1-6,11-12H,7-10H2,(H,18,22). The van der Waals surface area contributed by atoms with E-state index in [9.17, 15) is 9.59 Å². The Hall–Kier alpha value is -2.76. The first kappa shape index (κ1) is 13.9. The molecule has 118 valence electrons. The van der Waals surface area contributed by atoms with Crippen molar-refractivity contribution in [3.63, 3.8) is 0 Å². The van der Waals surface area contributed by atoms with Crippen LogP contribution in [0.1, 0.15) is 29.4 Å². The fourth-order valence-corrected chi connectivity index (χ4v) is 3.32. The number of benzene rings is 1. The molecule has 1 amide bonds. The van der Waals surface area contributed by atoms with Crippen LogP contribution in [-0.2, 0) is 0 Å². The fourth-order valence-electron chi connectivity index (χ4n) is 3.32. The lowest BCUT2D eigenvalue weighted by molar-refractivity contribution is 0.0663. The van der Waals surface area contributed by atoms with Gasteiger partial charge in [0.15, 0.2) is 5.76 Å². The molecule has 0 aliphatic carbocycles. The van der Waals surface area contributed by atoms with Crippen molar-refractivity contribution in [2.45, 2.75) is 18.9 Å². The van der Waals surface area contributed by atoms with E-state index in [0.717, 1.165) is 23.9 Å². The zero-order valence-electron chi connectivity index (χ0n) is 12.6. The van der Waals surface area contributed by atoms with Crippen molar-refractivity contribution < 1.29 is 9.21 Å². The molecular weight excluding hydrogens is 294 g/mol. The van der Waals surface area contributed by atoms with Gasteiger partial charge in [-0.15, -0.1) is 0 Å². The summed E-state index contributed by atoms with van der Waals surface area (Å²) in [5.74, 6) is 0.285. The number of carbonyl (C=O) groups is 1. The lowest BCUT2D eigenvalue weighted by atomic mass is 10.0. The second kappa shape index (κ2) is 5.46. The molecule has 1 aliphatic rings. The Kier molecular flexibility index (Phi) is 3.29. The number of amides is 1. The van der Waals surface area contributed by atoms with E-state index in [-0.39, 0.29) is 17.6 Å². The largest absolute Gasteiger partial charge is 0.459 e. The third kappa shape index (κ3) is 2.36. The van der Waals surface area contributed by atoms with Crippen molar-refractivity contribution >= 4 is 16.9 Å². The van der Waals surface area contributed by atoms with Crippen LogP contribution in [0.15, 0.2) is 51.9 Å². The molecule has 0 saturated carbocycles. The van der Waals surface area contributed by atoms with Crippen molar-refractivity contribution in [1.82, 2.24) is 14.5 Å². The predicted molar refractivity (Wildman–Crippen MR) is 85.4 cm³/mol. The van der Waals surface area contributed by atoms with E-state index in [1.54, 1.807) is 17.0 Å². The second-order valence-corrected chi connectivity index (χ2v) is 5.82. The second-order valence-electron chi connectivity index (χ2n) is 5.82. The Morgan fingerprint density at radius 1 is 1.13 bits per heavy atom. The average Bonchev–Trinajstić information content (AvgIpc) is 3.21. The van der Waals surface area contributed by atoms with Crippen LogP contribution in [0.2, 0.25) is 0 Å². The third-order valence-electron chi connectivity index (χ3n) is 4.47. The Labute approximate surface area is 132 Å². The molecule has 0 unspecified atom stereocenters. The van der Waals surface area contributed by atoms with Gasteiger partial charge in [-0.25, -0.2) is 4.79 Å². The summed E-state index contributed by atoms with van der Waals surface area (Å²) in [4.78, 5) is 29.2. The number of para-hydroxylation sites is 2. The number of hydrogen-bond donors (Lipinski definition) is 1. The lowest BCUT2D eigenvalue weighted by Gasteiger charge is -2.32. The van der Waals surface area contributed by atoms with E-state index in [1.807, 2.05) is 28.8 Å². The molecule has 23 heavy (non-hydrogen) atoms. The minimum atomic E-state index is -0.0836. The van der Waals surface area contributed by atoms with E-state index >= 15 is 0 Å². The Balaban J connectivity index is 1.54. The maximum absolute atomic E-state index is 12.3. The van der Waals surface area contributed by atoms with Gasteiger partial charge in [0.2, 0.25) is 0 Å². The summed E-state index contributed by atoms with van der Waals surface area (Å²) in [5.41, 5.74) is 1.70. The topological polar surface area (TPSA) is 71.2 Å². The highest BCUT2D eigenvalue weighted by molar-refractivity contribution is 5.91. The first-order valence-corrected chi connectivity index (χ1v) is 7.76. The number of carbonyl (C=O) groups excluding carboxylic acids is 1. The smallest absolute Gasteiger partial charge is 0.326 e. The molecule has 3 aromatic rings. The fraction of sp³-hybridized carbons (Fsp3) is 0.294.